The van der Waals surface area contributed by atoms with E-state index in [4.69, 9.17) is 16.3 Å². The molecule has 4 rings (SSSR count). The highest BCUT2D eigenvalue weighted by molar-refractivity contribution is 6.30. The van der Waals surface area contributed by atoms with Gasteiger partial charge < -0.3 is 9.30 Å². The van der Waals surface area contributed by atoms with E-state index < -0.39 is 0 Å². The first-order valence-electron chi connectivity index (χ1n) is 10.6. The van der Waals surface area contributed by atoms with Crippen molar-refractivity contribution in [2.24, 2.45) is 5.10 Å². The molecule has 33 heavy (non-hydrogen) atoms. The van der Waals surface area contributed by atoms with Crippen molar-refractivity contribution in [3.63, 3.8) is 0 Å². The molecule has 5 nitrogen and oxygen atoms in total. The largest absolute Gasteiger partial charge is 0.489 e. The molecule has 4 aromatic rings. The fraction of sp³-hybridized carbons (Fsp3) is 0.111. The quantitative estimate of drug-likeness (QED) is 0.269. The number of hydrazone groups is 1. The number of aryl methyl sites for hydroxylation is 1. The van der Waals surface area contributed by atoms with E-state index in [0.717, 1.165) is 34.0 Å². The highest BCUT2D eigenvalue weighted by Crippen LogP contribution is 2.22. The van der Waals surface area contributed by atoms with E-state index in [1.807, 2.05) is 74.5 Å². The minimum Gasteiger partial charge on any atom is -0.489 e. The van der Waals surface area contributed by atoms with Crippen LogP contribution in [0.4, 0.5) is 0 Å². The number of carbonyl (C=O) groups excluding carboxylic acids is 1. The van der Waals surface area contributed by atoms with Gasteiger partial charge in [-0.15, -0.1) is 0 Å². The van der Waals surface area contributed by atoms with Crippen LogP contribution in [0.3, 0.4) is 0 Å². The average Bonchev–Trinajstić information content (AvgIpc) is 3.12. The van der Waals surface area contributed by atoms with Crippen molar-refractivity contribution < 1.29 is 9.53 Å². The molecule has 0 radical (unpaired) electrons. The van der Waals surface area contributed by atoms with Crippen molar-refractivity contribution >= 4 is 23.7 Å². The van der Waals surface area contributed by atoms with Crippen molar-refractivity contribution in [1.29, 1.82) is 0 Å². The third-order valence-electron chi connectivity index (χ3n) is 5.29. The second kappa shape index (κ2) is 10.2. The van der Waals surface area contributed by atoms with Crippen LogP contribution in [0.15, 0.2) is 90.0 Å². The summed E-state index contributed by atoms with van der Waals surface area (Å²) in [6.45, 7) is 4.59. The lowest BCUT2D eigenvalue weighted by Crippen LogP contribution is -2.17. The molecule has 1 amide bonds. The normalized spacial score (nSPS) is 11.0. The van der Waals surface area contributed by atoms with Gasteiger partial charge in [-0.1, -0.05) is 41.9 Å². The fourth-order valence-corrected chi connectivity index (χ4v) is 3.70. The van der Waals surface area contributed by atoms with Crippen LogP contribution in [0.25, 0.3) is 5.69 Å². The number of nitrogens with one attached hydrogen (secondary N) is 1. The monoisotopic (exact) mass is 457 g/mol. The lowest BCUT2D eigenvalue weighted by molar-refractivity contribution is 0.0955. The molecule has 1 aromatic heterocycles. The molecule has 0 bridgehead atoms. The van der Waals surface area contributed by atoms with Crippen LogP contribution in [0.5, 0.6) is 5.75 Å². The topological polar surface area (TPSA) is 55.6 Å². The van der Waals surface area contributed by atoms with Gasteiger partial charge in [-0.2, -0.15) is 5.10 Å². The number of halogens is 1. The van der Waals surface area contributed by atoms with Crippen LogP contribution in [0, 0.1) is 13.8 Å². The first-order valence-corrected chi connectivity index (χ1v) is 10.9. The summed E-state index contributed by atoms with van der Waals surface area (Å²) in [6.07, 6.45) is 1.66. The van der Waals surface area contributed by atoms with Crippen LogP contribution in [0.2, 0.25) is 5.02 Å². The molecule has 1 N–H and O–H groups in total. The molecule has 166 valence electrons. The molecule has 0 aliphatic carbocycles. The van der Waals surface area contributed by atoms with Crippen LogP contribution in [0.1, 0.15) is 32.9 Å². The number of aromatic nitrogens is 1. The Balaban J connectivity index is 1.43. The van der Waals surface area contributed by atoms with Crippen LogP contribution in [-0.4, -0.2) is 16.7 Å². The molecule has 0 aliphatic heterocycles. The molecule has 0 spiro atoms. The second-order valence-corrected chi connectivity index (χ2v) is 8.07. The number of nitrogens with zero attached hydrogens (tertiary/aromatic N) is 2. The number of hydrogen-bond donors (Lipinski definition) is 1. The van der Waals surface area contributed by atoms with Gasteiger partial charge >= 0.3 is 0 Å². The highest BCUT2D eigenvalue weighted by atomic mass is 35.5. The van der Waals surface area contributed by atoms with Gasteiger partial charge in [0, 0.05) is 33.2 Å². The summed E-state index contributed by atoms with van der Waals surface area (Å²) < 4.78 is 8.03. The minimum absolute atomic E-state index is 0.289. The summed E-state index contributed by atoms with van der Waals surface area (Å²) in [5.74, 6) is 0.527. The zero-order chi connectivity index (χ0) is 23.2. The van der Waals surface area contributed by atoms with Crippen LogP contribution < -0.4 is 10.2 Å². The lowest BCUT2D eigenvalue weighted by Gasteiger charge is -2.11. The number of amides is 1. The first kappa shape index (κ1) is 22.4. The van der Waals surface area contributed by atoms with E-state index in [2.05, 4.69) is 15.1 Å². The van der Waals surface area contributed by atoms with Gasteiger partial charge in [-0.3, -0.25) is 4.79 Å². The predicted octanol–water partition coefficient (Wildman–Crippen LogP) is 6.09. The van der Waals surface area contributed by atoms with Crippen molar-refractivity contribution in [2.75, 3.05) is 0 Å². The lowest BCUT2D eigenvalue weighted by atomic mass is 10.2. The Hall–Kier alpha value is -3.83. The Morgan fingerprint density at radius 2 is 1.70 bits per heavy atom. The first-order chi connectivity index (χ1) is 16.0. The van der Waals surface area contributed by atoms with E-state index in [9.17, 15) is 4.79 Å². The number of benzene rings is 3. The molecule has 3 aromatic carbocycles. The Morgan fingerprint density at radius 1 is 1.00 bits per heavy atom. The molecule has 1 heterocycles. The Labute approximate surface area is 198 Å². The van der Waals surface area contributed by atoms with Crippen LogP contribution in [-0.2, 0) is 6.61 Å². The Bertz CT molecular complexity index is 1260. The van der Waals surface area contributed by atoms with Crippen molar-refractivity contribution in [3.05, 3.63) is 118 Å². The standard InChI is InChI=1S/C27H24ClN3O2/c1-19-16-23(17-29-30-27(32)22-8-10-24(28)11-9-22)20(2)31(19)25-12-14-26(15-13-25)33-18-21-6-4-3-5-7-21/h3-17H,18H2,1-2H3,(H,30,32)/b29-17-. The van der Waals surface area contributed by atoms with E-state index in [-0.39, 0.29) is 5.91 Å². The summed E-state index contributed by atoms with van der Waals surface area (Å²) in [5.41, 5.74) is 8.23. The Kier molecular flexibility index (Phi) is 6.91. The van der Waals surface area contributed by atoms with E-state index in [1.165, 1.54) is 0 Å². The molecule has 0 atom stereocenters. The maximum atomic E-state index is 12.2. The molecule has 0 unspecified atom stereocenters. The zero-order valence-electron chi connectivity index (χ0n) is 18.5. The highest BCUT2D eigenvalue weighted by Gasteiger charge is 2.10. The van der Waals surface area contributed by atoms with Crippen molar-refractivity contribution in [3.8, 4) is 11.4 Å². The smallest absolute Gasteiger partial charge is 0.271 e. The van der Waals surface area contributed by atoms with Gasteiger partial charge in [0.2, 0.25) is 0 Å². The number of ether oxygens (including phenoxy) is 1. The van der Waals surface area contributed by atoms with Gasteiger partial charge in [0.15, 0.2) is 0 Å². The SMILES string of the molecule is Cc1cc(/C=N\NC(=O)c2ccc(Cl)cc2)c(C)n1-c1ccc(OCc2ccccc2)cc1. The molecular formula is C27H24ClN3O2. The summed E-state index contributed by atoms with van der Waals surface area (Å²) in [5, 5.41) is 4.71. The van der Waals surface area contributed by atoms with Gasteiger partial charge in [0.1, 0.15) is 12.4 Å². The summed E-state index contributed by atoms with van der Waals surface area (Å²) in [7, 11) is 0. The minimum atomic E-state index is -0.289. The third kappa shape index (κ3) is 5.51. The predicted molar refractivity (Wildman–Crippen MR) is 133 cm³/mol. The molecular weight excluding hydrogens is 434 g/mol. The third-order valence-corrected chi connectivity index (χ3v) is 5.54. The van der Waals surface area contributed by atoms with E-state index in [0.29, 0.717) is 17.2 Å². The number of carbonyl (C=O) groups is 1. The van der Waals surface area contributed by atoms with Gasteiger partial charge in [-0.05, 0) is 74.0 Å². The Morgan fingerprint density at radius 3 is 2.39 bits per heavy atom. The number of rotatable bonds is 7. The van der Waals surface area contributed by atoms with Gasteiger partial charge in [0.25, 0.3) is 5.91 Å². The van der Waals surface area contributed by atoms with Gasteiger partial charge in [-0.25, -0.2) is 5.43 Å². The number of hydrogen-bond acceptors (Lipinski definition) is 3. The fourth-order valence-electron chi connectivity index (χ4n) is 3.57. The molecule has 0 saturated heterocycles. The van der Waals surface area contributed by atoms with Crippen molar-refractivity contribution in [2.45, 2.75) is 20.5 Å². The van der Waals surface area contributed by atoms with E-state index >= 15 is 0 Å². The van der Waals surface area contributed by atoms with Crippen LogP contribution >= 0.6 is 11.6 Å². The maximum Gasteiger partial charge on any atom is 0.271 e. The average molecular weight is 458 g/mol. The zero-order valence-corrected chi connectivity index (χ0v) is 19.2. The molecule has 0 saturated carbocycles. The summed E-state index contributed by atoms with van der Waals surface area (Å²) in [4.78, 5) is 12.2. The van der Waals surface area contributed by atoms with E-state index in [1.54, 1.807) is 30.5 Å². The molecule has 0 fully saturated rings. The van der Waals surface area contributed by atoms with Crippen molar-refractivity contribution in [1.82, 2.24) is 9.99 Å². The molecule has 6 heteroatoms. The second-order valence-electron chi connectivity index (χ2n) is 7.64. The molecule has 0 aliphatic rings. The maximum absolute atomic E-state index is 12.2. The summed E-state index contributed by atoms with van der Waals surface area (Å²) >= 11 is 5.86. The van der Waals surface area contributed by atoms with Gasteiger partial charge in [0.05, 0.1) is 6.21 Å². The summed E-state index contributed by atoms with van der Waals surface area (Å²) in [6, 6.07) is 26.8.